The summed E-state index contributed by atoms with van der Waals surface area (Å²) >= 11 is 7.70. The van der Waals surface area contributed by atoms with E-state index in [9.17, 15) is 0 Å². The first-order chi connectivity index (χ1) is 6.34. The molecule has 2 heterocycles. The van der Waals surface area contributed by atoms with Gasteiger partial charge in [-0.2, -0.15) is 11.8 Å². The molecular formula is C8H10ClN3S. The first-order valence-corrected chi connectivity index (χ1v) is 5.70. The van der Waals surface area contributed by atoms with Crippen molar-refractivity contribution >= 4 is 29.2 Å². The minimum atomic E-state index is 0.489. The molecule has 0 amide bonds. The van der Waals surface area contributed by atoms with Crippen LogP contribution in [0.25, 0.3) is 0 Å². The molecule has 0 saturated carbocycles. The summed E-state index contributed by atoms with van der Waals surface area (Å²) in [5, 5.41) is 3.81. The van der Waals surface area contributed by atoms with Crippen LogP contribution in [0.5, 0.6) is 0 Å². The van der Waals surface area contributed by atoms with Gasteiger partial charge in [0.15, 0.2) is 0 Å². The van der Waals surface area contributed by atoms with Crippen LogP contribution >= 0.6 is 23.4 Å². The Morgan fingerprint density at radius 1 is 1.54 bits per heavy atom. The van der Waals surface area contributed by atoms with E-state index in [-0.39, 0.29) is 0 Å². The van der Waals surface area contributed by atoms with Gasteiger partial charge in [0.05, 0.1) is 0 Å². The molecular weight excluding hydrogens is 206 g/mol. The lowest BCUT2D eigenvalue weighted by Crippen LogP contribution is -2.18. The first kappa shape index (κ1) is 9.09. The lowest BCUT2D eigenvalue weighted by Gasteiger charge is -2.10. The maximum atomic E-state index is 5.73. The van der Waals surface area contributed by atoms with Crippen LogP contribution < -0.4 is 5.32 Å². The number of hydrogen-bond acceptors (Lipinski definition) is 4. The molecule has 2 rings (SSSR count). The molecule has 1 saturated heterocycles. The standard InChI is InChI=1S/C8H10ClN3S/c9-7-3-8(11-5-10-7)12-6-1-2-13-4-6/h3,5-6H,1-2,4H2,(H,10,11,12). The van der Waals surface area contributed by atoms with Gasteiger partial charge in [0, 0.05) is 17.9 Å². The highest BCUT2D eigenvalue weighted by Gasteiger charge is 2.15. The molecule has 1 unspecified atom stereocenters. The molecule has 1 fully saturated rings. The van der Waals surface area contributed by atoms with Crippen molar-refractivity contribution in [3.8, 4) is 0 Å². The lowest BCUT2D eigenvalue weighted by atomic mass is 10.2. The zero-order valence-electron chi connectivity index (χ0n) is 7.03. The molecule has 1 aromatic rings. The van der Waals surface area contributed by atoms with E-state index in [1.54, 1.807) is 6.07 Å². The molecule has 0 bridgehead atoms. The Balaban J connectivity index is 2.00. The van der Waals surface area contributed by atoms with Crippen LogP contribution in [0.3, 0.4) is 0 Å². The molecule has 1 N–H and O–H groups in total. The smallest absolute Gasteiger partial charge is 0.134 e. The Morgan fingerprint density at radius 2 is 2.46 bits per heavy atom. The van der Waals surface area contributed by atoms with Crippen molar-refractivity contribution < 1.29 is 0 Å². The number of rotatable bonds is 2. The first-order valence-electron chi connectivity index (χ1n) is 4.16. The van der Waals surface area contributed by atoms with E-state index in [4.69, 9.17) is 11.6 Å². The molecule has 13 heavy (non-hydrogen) atoms. The quantitative estimate of drug-likeness (QED) is 0.767. The van der Waals surface area contributed by atoms with Crippen LogP contribution in [-0.2, 0) is 0 Å². The van der Waals surface area contributed by atoms with Gasteiger partial charge >= 0.3 is 0 Å². The minimum Gasteiger partial charge on any atom is -0.366 e. The van der Waals surface area contributed by atoms with Crippen molar-refractivity contribution in [3.63, 3.8) is 0 Å². The van der Waals surface area contributed by atoms with Crippen LogP contribution in [0.15, 0.2) is 12.4 Å². The second-order valence-corrected chi connectivity index (χ2v) is 4.47. The number of aromatic nitrogens is 2. The van der Waals surface area contributed by atoms with Crippen LogP contribution in [0.4, 0.5) is 5.82 Å². The Labute approximate surface area is 86.3 Å². The van der Waals surface area contributed by atoms with E-state index >= 15 is 0 Å². The highest BCUT2D eigenvalue weighted by Crippen LogP contribution is 2.20. The summed E-state index contributed by atoms with van der Waals surface area (Å²) < 4.78 is 0. The van der Waals surface area contributed by atoms with Gasteiger partial charge in [0.2, 0.25) is 0 Å². The maximum absolute atomic E-state index is 5.73. The van der Waals surface area contributed by atoms with Gasteiger partial charge in [-0.25, -0.2) is 9.97 Å². The van der Waals surface area contributed by atoms with E-state index in [0.29, 0.717) is 11.2 Å². The fourth-order valence-electron chi connectivity index (χ4n) is 1.27. The maximum Gasteiger partial charge on any atom is 0.134 e. The number of nitrogens with zero attached hydrogens (tertiary/aromatic N) is 2. The number of thioether (sulfide) groups is 1. The minimum absolute atomic E-state index is 0.489. The molecule has 0 aliphatic carbocycles. The molecule has 70 valence electrons. The van der Waals surface area contributed by atoms with Crippen molar-refractivity contribution in [3.05, 3.63) is 17.5 Å². The normalized spacial score (nSPS) is 21.8. The predicted octanol–water partition coefficient (Wildman–Crippen LogP) is 2.05. The van der Waals surface area contributed by atoms with Crippen molar-refractivity contribution in [2.75, 3.05) is 16.8 Å². The molecule has 1 aliphatic heterocycles. The summed E-state index contributed by atoms with van der Waals surface area (Å²) in [5.74, 6) is 3.21. The fraction of sp³-hybridized carbons (Fsp3) is 0.500. The summed E-state index contributed by atoms with van der Waals surface area (Å²) in [6, 6.07) is 2.29. The van der Waals surface area contributed by atoms with E-state index in [2.05, 4.69) is 15.3 Å². The Morgan fingerprint density at radius 3 is 3.15 bits per heavy atom. The monoisotopic (exact) mass is 215 g/mol. The third-order valence-electron chi connectivity index (χ3n) is 1.92. The SMILES string of the molecule is Clc1cc(NC2CCSC2)ncn1. The molecule has 5 heteroatoms. The van der Waals surface area contributed by atoms with Crippen LogP contribution in [0, 0.1) is 0 Å². The molecule has 1 aromatic heterocycles. The number of nitrogens with one attached hydrogen (secondary N) is 1. The zero-order valence-corrected chi connectivity index (χ0v) is 8.61. The summed E-state index contributed by atoms with van der Waals surface area (Å²) in [4.78, 5) is 7.91. The topological polar surface area (TPSA) is 37.8 Å². The summed E-state index contributed by atoms with van der Waals surface area (Å²) in [7, 11) is 0. The van der Waals surface area contributed by atoms with Crippen LogP contribution in [0.1, 0.15) is 6.42 Å². The summed E-state index contributed by atoms with van der Waals surface area (Å²) in [6.45, 7) is 0. The van der Waals surface area contributed by atoms with E-state index in [1.165, 1.54) is 18.5 Å². The Bertz CT molecular complexity index is 288. The number of hydrogen-bond donors (Lipinski definition) is 1. The van der Waals surface area contributed by atoms with Crippen molar-refractivity contribution in [2.45, 2.75) is 12.5 Å². The van der Waals surface area contributed by atoms with Crippen molar-refractivity contribution in [1.82, 2.24) is 9.97 Å². The third-order valence-corrected chi connectivity index (χ3v) is 3.28. The highest BCUT2D eigenvalue weighted by molar-refractivity contribution is 7.99. The number of halogens is 1. The van der Waals surface area contributed by atoms with Gasteiger partial charge in [-0.3, -0.25) is 0 Å². The summed E-state index contributed by atoms with van der Waals surface area (Å²) in [5.41, 5.74) is 0. The third kappa shape index (κ3) is 2.48. The fourth-order valence-corrected chi connectivity index (χ4v) is 2.57. The summed E-state index contributed by atoms with van der Waals surface area (Å²) in [6.07, 6.45) is 2.68. The average molecular weight is 216 g/mol. The van der Waals surface area contributed by atoms with Gasteiger partial charge in [0.25, 0.3) is 0 Å². The molecule has 1 aliphatic rings. The number of anilines is 1. The van der Waals surface area contributed by atoms with E-state index < -0.39 is 0 Å². The zero-order chi connectivity index (χ0) is 9.10. The van der Waals surface area contributed by atoms with Crippen molar-refractivity contribution in [2.24, 2.45) is 0 Å². The molecule has 0 radical (unpaired) electrons. The van der Waals surface area contributed by atoms with Crippen molar-refractivity contribution in [1.29, 1.82) is 0 Å². The molecule has 3 nitrogen and oxygen atoms in total. The van der Waals surface area contributed by atoms with Gasteiger partial charge in [-0.1, -0.05) is 11.6 Å². The Hall–Kier alpha value is -0.480. The molecule has 0 spiro atoms. The van der Waals surface area contributed by atoms with E-state index in [1.807, 2.05) is 11.8 Å². The van der Waals surface area contributed by atoms with Gasteiger partial charge in [-0.15, -0.1) is 0 Å². The largest absolute Gasteiger partial charge is 0.366 e. The average Bonchev–Trinajstić information content (AvgIpc) is 2.57. The van der Waals surface area contributed by atoms with Crippen LogP contribution in [-0.4, -0.2) is 27.5 Å². The molecule has 0 aromatic carbocycles. The van der Waals surface area contributed by atoms with E-state index in [0.717, 1.165) is 11.6 Å². The van der Waals surface area contributed by atoms with Gasteiger partial charge < -0.3 is 5.32 Å². The van der Waals surface area contributed by atoms with Gasteiger partial charge in [-0.05, 0) is 12.2 Å². The predicted molar refractivity (Wildman–Crippen MR) is 56.4 cm³/mol. The lowest BCUT2D eigenvalue weighted by molar-refractivity contribution is 0.805. The Kier molecular flexibility index (Phi) is 2.90. The second-order valence-electron chi connectivity index (χ2n) is 2.93. The molecule has 1 atom stereocenters. The highest BCUT2D eigenvalue weighted by atomic mass is 35.5. The van der Waals surface area contributed by atoms with Gasteiger partial charge in [0.1, 0.15) is 17.3 Å². The van der Waals surface area contributed by atoms with Crippen LogP contribution in [0.2, 0.25) is 5.15 Å². The second kappa shape index (κ2) is 4.15.